The van der Waals surface area contributed by atoms with Gasteiger partial charge >= 0.3 is 0 Å². The Balaban J connectivity index is 2.20. The molecule has 2 heterocycles. The lowest BCUT2D eigenvalue weighted by atomic mass is 9.77. The van der Waals surface area contributed by atoms with E-state index in [1.807, 2.05) is 0 Å². The van der Waals surface area contributed by atoms with E-state index in [-0.39, 0.29) is 5.84 Å². The minimum absolute atomic E-state index is 0.0801. The number of aromatic nitrogens is 2. The highest BCUT2D eigenvalue weighted by atomic mass is 16.4. The Morgan fingerprint density at radius 1 is 1.38 bits per heavy atom. The van der Waals surface area contributed by atoms with Gasteiger partial charge in [0, 0.05) is 13.1 Å². The van der Waals surface area contributed by atoms with Crippen molar-refractivity contribution in [1.82, 2.24) is 10.2 Å². The Kier molecular flexibility index (Phi) is 4.65. The van der Waals surface area contributed by atoms with Crippen LogP contribution in [0, 0.1) is 11.3 Å². The highest BCUT2D eigenvalue weighted by Crippen LogP contribution is 2.35. The summed E-state index contributed by atoms with van der Waals surface area (Å²) in [5.41, 5.74) is 6.71. The summed E-state index contributed by atoms with van der Waals surface area (Å²) in [6.07, 6.45) is 5.02. The third-order valence-corrected chi connectivity index (χ3v) is 4.34. The van der Waals surface area contributed by atoms with Crippen LogP contribution in [-0.4, -0.2) is 34.3 Å². The van der Waals surface area contributed by atoms with E-state index < -0.39 is 0 Å². The molecule has 1 atom stereocenters. The number of amidine groups is 1. The van der Waals surface area contributed by atoms with Crippen LogP contribution in [0.2, 0.25) is 0 Å². The fraction of sp³-hybridized carbons (Fsp3) is 0.667. The molecule has 6 heteroatoms. The summed E-state index contributed by atoms with van der Waals surface area (Å²) in [5.74, 6) is 1.49. The van der Waals surface area contributed by atoms with Crippen LogP contribution in [0.1, 0.15) is 45.6 Å². The molecule has 0 bridgehead atoms. The summed E-state index contributed by atoms with van der Waals surface area (Å²) < 4.78 is 0. The molecule has 0 aromatic carbocycles. The van der Waals surface area contributed by atoms with Crippen molar-refractivity contribution in [1.29, 1.82) is 0 Å². The van der Waals surface area contributed by atoms with Crippen LogP contribution in [0.5, 0.6) is 0 Å². The Morgan fingerprint density at radius 3 is 2.81 bits per heavy atom. The van der Waals surface area contributed by atoms with Crippen molar-refractivity contribution in [3.63, 3.8) is 0 Å². The van der Waals surface area contributed by atoms with E-state index in [1.54, 1.807) is 12.3 Å². The fourth-order valence-electron chi connectivity index (χ4n) is 2.99. The van der Waals surface area contributed by atoms with Gasteiger partial charge < -0.3 is 15.8 Å². The highest BCUT2D eigenvalue weighted by Gasteiger charge is 2.28. The van der Waals surface area contributed by atoms with Gasteiger partial charge in [-0.3, -0.25) is 0 Å². The number of nitrogens with zero attached hydrogens (tertiary/aromatic N) is 4. The molecule has 116 valence electrons. The molecule has 0 aliphatic carbocycles. The number of hydrogen-bond acceptors (Lipinski definition) is 5. The largest absolute Gasteiger partial charge is 0.409 e. The Labute approximate surface area is 126 Å². The van der Waals surface area contributed by atoms with Crippen LogP contribution in [-0.2, 0) is 0 Å². The van der Waals surface area contributed by atoms with Crippen molar-refractivity contribution in [3.8, 4) is 0 Å². The molecule has 21 heavy (non-hydrogen) atoms. The highest BCUT2D eigenvalue weighted by molar-refractivity contribution is 6.01. The van der Waals surface area contributed by atoms with E-state index in [2.05, 4.69) is 41.0 Å². The predicted octanol–water partition coefficient (Wildman–Crippen LogP) is 2.22. The van der Waals surface area contributed by atoms with Crippen molar-refractivity contribution in [2.24, 2.45) is 22.2 Å². The molecule has 1 saturated heterocycles. The minimum atomic E-state index is 0.0801. The molecule has 6 nitrogen and oxygen atoms in total. The summed E-state index contributed by atoms with van der Waals surface area (Å²) in [5, 5.41) is 20.2. The van der Waals surface area contributed by atoms with Gasteiger partial charge in [0.25, 0.3) is 0 Å². The summed E-state index contributed by atoms with van der Waals surface area (Å²) in [4.78, 5) is 2.20. The lowest BCUT2D eigenvalue weighted by Crippen LogP contribution is -2.30. The first-order chi connectivity index (χ1) is 9.93. The molecule has 3 N–H and O–H groups in total. The molecule has 2 rings (SSSR count). The van der Waals surface area contributed by atoms with E-state index in [9.17, 15) is 0 Å². The Bertz CT molecular complexity index is 509. The third-order valence-electron chi connectivity index (χ3n) is 4.34. The van der Waals surface area contributed by atoms with Crippen molar-refractivity contribution in [2.45, 2.75) is 40.0 Å². The van der Waals surface area contributed by atoms with E-state index in [1.165, 1.54) is 6.42 Å². The second-order valence-electron chi connectivity index (χ2n) is 6.73. The van der Waals surface area contributed by atoms with Crippen LogP contribution >= 0.6 is 0 Å². The summed E-state index contributed by atoms with van der Waals surface area (Å²) in [6.45, 7) is 8.76. The predicted molar refractivity (Wildman–Crippen MR) is 83.6 cm³/mol. The SMILES string of the molecule is CC(C)(C)C1CCCN(c2nnccc2/C(N)=N/O)CC1. The van der Waals surface area contributed by atoms with Gasteiger partial charge in [0.05, 0.1) is 11.8 Å². The number of anilines is 1. The molecule has 1 unspecified atom stereocenters. The normalized spacial score (nSPS) is 21.2. The molecule has 1 fully saturated rings. The second-order valence-corrected chi connectivity index (χ2v) is 6.73. The van der Waals surface area contributed by atoms with Gasteiger partial charge in [0.15, 0.2) is 11.7 Å². The lowest BCUT2D eigenvalue weighted by Gasteiger charge is -2.30. The summed E-state index contributed by atoms with van der Waals surface area (Å²) >= 11 is 0. The standard InChI is InChI=1S/C15H25N5O/c1-15(2,3)11-5-4-9-20(10-7-11)14-12(13(16)19-21)6-8-17-18-14/h6,8,11,21H,4-5,7,9-10H2,1-3H3,(H2,16,19). The molecule has 0 saturated carbocycles. The zero-order valence-corrected chi connectivity index (χ0v) is 13.1. The molecular formula is C15H25N5O. The fourth-order valence-corrected chi connectivity index (χ4v) is 2.99. The van der Waals surface area contributed by atoms with Crippen molar-refractivity contribution in [3.05, 3.63) is 17.8 Å². The van der Waals surface area contributed by atoms with Gasteiger partial charge in [0.1, 0.15) is 0 Å². The second kappa shape index (κ2) is 6.28. The van der Waals surface area contributed by atoms with Gasteiger partial charge in [-0.25, -0.2) is 0 Å². The smallest absolute Gasteiger partial charge is 0.173 e. The van der Waals surface area contributed by atoms with E-state index in [0.29, 0.717) is 22.7 Å². The van der Waals surface area contributed by atoms with Crippen LogP contribution in [0.3, 0.4) is 0 Å². The van der Waals surface area contributed by atoms with Crippen molar-refractivity contribution < 1.29 is 5.21 Å². The van der Waals surface area contributed by atoms with E-state index >= 15 is 0 Å². The third kappa shape index (κ3) is 3.62. The van der Waals surface area contributed by atoms with Gasteiger partial charge in [0.2, 0.25) is 0 Å². The quantitative estimate of drug-likeness (QED) is 0.377. The number of nitrogens with two attached hydrogens (primary N) is 1. The maximum Gasteiger partial charge on any atom is 0.173 e. The maximum atomic E-state index is 8.91. The monoisotopic (exact) mass is 291 g/mol. The Morgan fingerprint density at radius 2 is 2.14 bits per heavy atom. The van der Waals surface area contributed by atoms with Gasteiger partial charge in [-0.15, -0.1) is 5.10 Å². The molecule has 0 amide bonds. The topological polar surface area (TPSA) is 87.6 Å². The van der Waals surface area contributed by atoms with Gasteiger partial charge in [-0.2, -0.15) is 5.10 Å². The van der Waals surface area contributed by atoms with Crippen LogP contribution in [0.4, 0.5) is 5.82 Å². The maximum absolute atomic E-state index is 8.91. The minimum Gasteiger partial charge on any atom is -0.409 e. The number of hydrogen-bond donors (Lipinski definition) is 2. The molecule has 1 aromatic heterocycles. The number of oxime groups is 1. The molecule has 1 aliphatic rings. The van der Waals surface area contributed by atoms with Crippen molar-refractivity contribution >= 4 is 11.7 Å². The van der Waals surface area contributed by atoms with Crippen LogP contribution in [0.25, 0.3) is 0 Å². The zero-order valence-electron chi connectivity index (χ0n) is 13.1. The van der Waals surface area contributed by atoms with Crippen molar-refractivity contribution in [2.75, 3.05) is 18.0 Å². The first kappa shape index (κ1) is 15.5. The average molecular weight is 291 g/mol. The molecule has 1 aromatic rings. The van der Waals surface area contributed by atoms with E-state index in [0.717, 1.165) is 25.9 Å². The molecular weight excluding hydrogens is 266 g/mol. The molecule has 1 aliphatic heterocycles. The molecule has 0 radical (unpaired) electrons. The van der Waals surface area contributed by atoms with Gasteiger partial charge in [-0.05, 0) is 36.7 Å². The average Bonchev–Trinajstić information content (AvgIpc) is 2.72. The van der Waals surface area contributed by atoms with Crippen LogP contribution < -0.4 is 10.6 Å². The number of rotatable bonds is 2. The van der Waals surface area contributed by atoms with E-state index in [4.69, 9.17) is 10.9 Å². The van der Waals surface area contributed by atoms with Gasteiger partial charge in [-0.1, -0.05) is 25.9 Å². The van der Waals surface area contributed by atoms with Crippen LogP contribution in [0.15, 0.2) is 17.4 Å². The first-order valence-corrected chi connectivity index (χ1v) is 7.48. The Hall–Kier alpha value is -1.85. The zero-order chi connectivity index (χ0) is 15.5. The summed E-state index contributed by atoms with van der Waals surface area (Å²) in [6, 6.07) is 1.74. The molecule has 0 spiro atoms. The lowest BCUT2D eigenvalue weighted by molar-refractivity contribution is 0.220. The summed E-state index contributed by atoms with van der Waals surface area (Å²) in [7, 11) is 0. The first-order valence-electron chi connectivity index (χ1n) is 7.48.